The number of carbonyl (C=O) groups is 1. The molecule has 0 saturated carbocycles. The van der Waals surface area contributed by atoms with Crippen LogP contribution < -0.4 is 10.6 Å². The maximum absolute atomic E-state index is 13.9. The molecule has 0 radical (unpaired) electrons. The lowest BCUT2D eigenvalue weighted by molar-refractivity contribution is 0.0987. The third-order valence-electron chi connectivity index (χ3n) is 3.31. The van der Waals surface area contributed by atoms with Gasteiger partial charge in [-0.05, 0) is 43.7 Å². The number of nitrogens with zero attached hydrogens (tertiary/aromatic N) is 1. The van der Waals surface area contributed by atoms with Gasteiger partial charge < -0.3 is 10.6 Å². The van der Waals surface area contributed by atoms with Gasteiger partial charge in [0, 0.05) is 17.8 Å². The quantitative estimate of drug-likeness (QED) is 0.871. The Morgan fingerprint density at radius 2 is 1.90 bits per heavy atom. The Balaban J connectivity index is 2.45. The normalized spacial score (nSPS) is 10.3. The molecule has 2 aromatic rings. The Morgan fingerprint density at radius 3 is 2.55 bits per heavy atom. The number of amides is 1. The van der Waals surface area contributed by atoms with Crippen molar-refractivity contribution in [2.75, 3.05) is 17.2 Å². The van der Waals surface area contributed by atoms with Crippen LogP contribution in [-0.4, -0.2) is 12.5 Å². The third kappa shape index (κ3) is 2.50. The van der Waals surface area contributed by atoms with Crippen molar-refractivity contribution in [1.29, 1.82) is 0 Å². The molecule has 0 spiro atoms. The largest absolute Gasteiger partial charge is 0.398 e. The molecule has 2 N–H and O–H groups in total. The Labute approximate surface area is 117 Å². The number of para-hydroxylation sites is 1. The van der Waals surface area contributed by atoms with Crippen LogP contribution in [0.1, 0.15) is 22.8 Å². The molecule has 0 aliphatic heterocycles. The highest BCUT2D eigenvalue weighted by atomic mass is 19.1. The highest BCUT2D eigenvalue weighted by molar-refractivity contribution is 6.07. The minimum Gasteiger partial charge on any atom is -0.398 e. The molecule has 0 aliphatic carbocycles. The first-order valence-electron chi connectivity index (χ1n) is 6.47. The molecule has 0 atom stereocenters. The van der Waals surface area contributed by atoms with Gasteiger partial charge in [-0.25, -0.2) is 4.39 Å². The first-order chi connectivity index (χ1) is 9.56. The average Bonchev–Trinajstić information content (AvgIpc) is 2.44. The Bertz CT molecular complexity index is 640. The van der Waals surface area contributed by atoms with E-state index < -0.39 is 5.82 Å². The van der Waals surface area contributed by atoms with Gasteiger partial charge in [-0.15, -0.1) is 0 Å². The summed E-state index contributed by atoms with van der Waals surface area (Å²) in [5.74, 6) is -0.661. The topological polar surface area (TPSA) is 46.3 Å². The number of hydrogen-bond donors (Lipinski definition) is 1. The van der Waals surface area contributed by atoms with Crippen LogP contribution in [0.4, 0.5) is 15.8 Å². The number of carbonyl (C=O) groups excluding carboxylic acids is 1. The summed E-state index contributed by atoms with van der Waals surface area (Å²) in [7, 11) is 0. The van der Waals surface area contributed by atoms with Gasteiger partial charge in [-0.2, -0.15) is 0 Å². The highest BCUT2D eigenvalue weighted by Gasteiger charge is 2.20. The van der Waals surface area contributed by atoms with Crippen molar-refractivity contribution in [2.24, 2.45) is 0 Å². The minimum atomic E-state index is -0.413. The van der Waals surface area contributed by atoms with Crippen LogP contribution in [-0.2, 0) is 0 Å². The minimum absolute atomic E-state index is 0.248. The third-order valence-corrected chi connectivity index (χ3v) is 3.31. The van der Waals surface area contributed by atoms with Gasteiger partial charge in [0.1, 0.15) is 5.82 Å². The molecule has 0 bridgehead atoms. The molecule has 0 heterocycles. The number of hydrogen-bond acceptors (Lipinski definition) is 2. The zero-order chi connectivity index (χ0) is 14.7. The van der Waals surface area contributed by atoms with Crippen molar-refractivity contribution < 1.29 is 9.18 Å². The molecule has 0 fully saturated rings. The predicted octanol–water partition coefficient (Wildman–Crippen LogP) is 3.38. The predicted molar refractivity (Wildman–Crippen MR) is 79.3 cm³/mol. The van der Waals surface area contributed by atoms with Gasteiger partial charge in [0.25, 0.3) is 5.91 Å². The van der Waals surface area contributed by atoms with Gasteiger partial charge in [0.2, 0.25) is 0 Å². The number of halogens is 1. The first kappa shape index (κ1) is 14.1. The fourth-order valence-corrected chi connectivity index (χ4v) is 2.12. The summed E-state index contributed by atoms with van der Waals surface area (Å²) in [6.07, 6.45) is 0. The van der Waals surface area contributed by atoms with E-state index in [1.807, 2.05) is 6.92 Å². The lowest BCUT2D eigenvalue weighted by Crippen LogP contribution is -2.32. The Morgan fingerprint density at radius 1 is 1.20 bits per heavy atom. The second kappa shape index (κ2) is 5.74. The summed E-state index contributed by atoms with van der Waals surface area (Å²) in [5, 5.41) is 0. The molecule has 1 amide bonds. The van der Waals surface area contributed by atoms with E-state index in [1.54, 1.807) is 43.3 Å². The fourth-order valence-electron chi connectivity index (χ4n) is 2.12. The lowest BCUT2D eigenvalue weighted by Gasteiger charge is -2.22. The summed E-state index contributed by atoms with van der Waals surface area (Å²) >= 11 is 0. The van der Waals surface area contributed by atoms with E-state index in [0.29, 0.717) is 23.4 Å². The van der Waals surface area contributed by atoms with Gasteiger partial charge in [0.05, 0.1) is 5.69 Å². The standard InChI is InChI=1S/C16H17FN2O/c1-3-19(15-10-5-4-8-13(15)17)16(20)12-7-6-9-14(18)11(12)2/h4-10H,3,18H2,1-2H3. The van der Waals surface area contributed by atoms with Gasteiger partial charge >= 0.3 is 0 Å². The van der Waals surface area contributed by atoms with Gasteiger partial charge in [0.15, 0.2) is 0 Å². The van der Waals surface area contributed by atoms with Crippen LogP contribution >= 0.6 is 0 Å². The van der Waals surface area contributed by atoms with E-state index in [9.17, 15) is 9.18 Å². The maximum atomic E-state index is 13.9. The molecular weight excluding hydrogens is 255 g/mol. The lowest BCUT2D eigenvalue weighted by atomic mass is 10.1. The van der Waals surface area contributed by atoms with Crippen LogP contribution in [0, 0.1) is 12.7 Å². The summed E-state index contributed by atoms with van der Waals surface area (Å²) in [6.45, 7) is 3.98. The summed E-state index contributed by atoms with van der Waals surface area (Å²) < 4.78 is 13.9. The number of anilines is 2. The van der Waals surface area contributed by atoms with E-state index in [-0.39, 0.29) is 11.6 Å². The van der Waals surface area contributed by atoms with Crippen LogP contribution in [0.3, 0.4) is 0 Å². The Kier molecular flexibility index (Phi) is 4.03. The van der Waals surface area contributed by atoms with Crippen molar-refractivity contribution in [2.45, 2.75) is 13.8 Å². The fraction of sp³-hybridized carbons (Fsp3) is 0.188. The molecule has 20 heavy (non-hydrogen) atoms. The van der Waals surface area contributed by atoms with E-state index in [4.69, 9.17) is 5.73 Å². The number of benzene rings is 2. The first-order valence-corrected chi connectivity index (χ1v) is 6.47. The van der Waals surface area contributed by atoms with Crippen LogP contribution in [0.15, 0.2) is 42.5 Å². The zero-order valence-corrected chi connectivity index (χ0v) is 11.6. The number of rotatable bonds is 3. The van der Waals surface area contributed by atoms with Crippen molar-refractivity contribution in [1.82, 2.24) is 0 Å². The molecule has 2 aromatic carbocycles. The van der Waals surface area contributed by atoms with Crippen molar-refractivity contribution in [3.63, 3.8) is 0 Å². The highest BCUT2D eigenvalue weighted by Crippen LogP contribution is 2.23. The summed E-state index contributed by atoms with van der Waals surface area (Å²) in [4.78, 5) is 14.0. The Hall–Kier alpha value is -2.36. The molecular formula is C16H17FN2O. The molecule has 104 valence electrons. The van der Waals surface area contributed by atoms with Crippen molar-refractivity contribution >= 4 is 17.3 Å². The van der Waals surface area contributed by atoms with Crippen LogP contribution in [0.2, 0.25) is 0 Å². The average molecular weight is 272 g/mol. The molecule has 0 aliphatic rings. The molecule has 2 rings (SSSR count). The molecule has 4 heteroatoms. The zero-order valence-electron chi connectivity index (χ0n) is 11.6. The molecule has 0 unspecified atom stereocenters. The molecule has 0 saturated heterocycles. The van der Waals surface area contributed by atoms with Gasteiger partial charge in [-0.3, -0.25) is 4.79 Å². The van der Waals surface area contributed by atoms with E-state index in [0.717, 1.165) is 0 Å². The van der Waals surface area contributed by atoms with Crippen LogP contribution in [0.5, 0.6) is 0 Å². The SMILES string of the molecule is CCN(C(=O)c1cccc(N)c1C)c1ccccc1F. The van der Waals surface area contributed by atoms with Crippen LogP contribution in [0.25, 0.3) is 0 Å². The number of nitrogen functional groups attached to an aromatic ring is 1. The van der Waals surface area contributed by atoms with Crippen molar-refractivity contribution in [3.8, 4) is 0 Å². The second-order valence-electron chi connectivity index (χ2n) is 4.52. The van der Waals surface area contributed by atoms with E-state index in [2.05, 4.69) is 0 Å². The number of nitrogens with two attached hydrogens (primary N) is 1. The smallest absolute Gasteiger partial charge is 0.258 e. The maximum Gasteiger partial charge on any atom is 0.258 e. The summed E-state index contributed by atoms with van der Waals surface area (Å²) in [6, 6.07) is 11.4. The van der Waals surface area contributed by atoms with Crippen molar-refractivity contribution in [3.05, 3.63) is 59.4 Å². The second-order valence-corrected chi connectivity index (χ2v) is 4.52. The van der Waals surface area contributed by atoms with E-state index in [1.165, 1.54) is 11.0 Å². The molecule has 3 nitrogen and oxygen atoms in total. The van der Waals surface area contributed by atoms with E-state index >= 15 is 0 Å². The summed E-state index contributed by atoms with van der Waals surface area (Å²) in [5.41, 5.74) is 7.87. The molecule has 0 aromatic heterocycles. The van der Waals surface area contributed by atoms with Gasteiger partial charge in [-0.1, -0.05) is 18.2 Å². The monoisotopic (exact) mass is 272 g/mol.